The van der Waals surface area contributed by atoms with Gasteiger partial charge in [-0.3, -0.25) is 4.79 Å². The SMILES string of the molecule is C[C@@H]1CN(c2ccc(CNC(=O)[C@@H]3CCCO3)cn2)C[C@H](C)O1. The summed E-state index contributed by atoms with van der Waals surface area (Å²) in [6.45, 7) is 7.04. The lowest BCUT2D eigenvalue weighted by atomic mass is 10.2. The van der Waals surface area contributed by atoms with Crippen LogP contribution in [0, 0.1) is 0 Å². The highest BCUT2D eigenvalue weighted by Gasteiger charge is 2.24. The van der Waals surface area contributed by atoms with E-state index in [1.54, 1.807) is 0 Å². The van der Waals surface area contributed by atoms with Crippen molar-refractivity contribution in [1.29, 1.82) is 0 Å². The van der Waals surface area contributed by atoms with Crippen LogP contribution >= 0.6 is 0 Å². The highest BCUT2D eigenvalue weighted by atomic mass is 16.5. The lowest BCUT2D eigenvalue weighted by Crippen LogP contribution is -2.45. The van der Waals surface area contributed by atoms with Crippen molar-refractivity contribution in [3.63, 3.8) is 0 Å². The number of carbonyl (C=O) groups is 1. The summed E-state index contributed by atoms with van der Waals surface area (Å²) in [5.74, 6) is 0.934. The molecule has 1 aromatic heterocycles. The molecule has 23 heavy (non-hydrogen) atoms. The van der Waals surface area contributed by atoms with Gasteiger partial charge in [0.25, 0.3) is 0 Å². The first-order chi connectivity index (χ1) is 11.1. The second kappa shape index (κ2) is 7.27. The number of anilines is 1. The molecule has 0 unspecified atom stereocenters. The number of aromatic nitrogens is 1. The average molecular weight is 319 g/mol. The first-order valence-corrected chi connectivity index (χ1v) is 8.36. The van der Waals surface area contributed by atoms with Gasteiger partial charge in [0.05, 0.1) is 12.2 Å². The highest BCUT2D eigenvalue weighted by molar-refractivity contribution is 5.80. The van der Waals surface area contributed by atoms with Crippen LogP contribution in [0.2, 0.25) is 0 Å². The number of hydrogen-bond donors (Lipinski definition) is 1. The van der Waals surface area contributed by atoms with Crippen LogP contribution in [0.25, 0.3) is 0 Å². The molecule has 2 aliphatic heterocycles. The number of carbonyl (C=O) groups excluding carboxylic acids is 1. The largest absolute Gasteiger partial charge is 0.372 e. The Balaban J connectivity index is 1.53. The second-order valence-electron chi connectivity index (χ2n) is 6.41. The van der Waals surface area contributed by atoms with E-state index in [0.29, 0.717) is 13.2 Å². The number of nitrogens with one attached hydrogen (secondary N) is 1. The summed E-state index contributed by atoms with van der Waals surface area (Å²) in [4.78, 5) is 18.7. The first-order valence-electron chi connectivity index (χ1n) is 8.36. The summed E-state index contributed by atoms with van der Waals surface area (Å²) in [6, 6.07) is 4.03. The Kier molecular flexibility index (Phi) is 5.13. The predicted octanol–water partition coefficient (Wildman–Crippen LogP) is 1.49. The van der Waals surface area contributed by atoms with Crippen molar-refractivity contribution in [1.82, 2.24) is 10.3 Å². The number of rotatable bonds is 4. The topological polar surface area (TPSA) is 63.7 Å². The van der Waals surface area contributed by atoms with Gasteiger partial charge in [-0.1, -0.05) is 6.07 Å². The summed E-state index contributed by atoms with van der Waals surface area (Å²) < 4.78 is 11.1. The van der Waals surface area contributed by atoms with Gasteiger partial charge < -0.3 is 19.7 Å². The van der Waals surface area contributed by atoms with Crippen LogP contribution in [0.4, 0.5) is 5.82 Å². The molecule has 3 heterocycles. The molecule has 3 rings (SSSR count). The minimum Gasteiger partial charge on any atom is -0.372 e. The number of ether oxygens (including phenoxy) is 2. The van der Waals surface area contributed by atoms with Crippen molar-refractivity contribution >= 4 is 11.7 Å². The van der Waals surface area contributed by atoms with Crippen molar-refractivity contribution < 1.29 is 14.3 Å². The molecule has 3 atom stereocenters. The Bertz CT molecular complexity index is 518. The third-order valence-corrected chi connectivity index (χ3v) is 4.24. The van der Waals surface area contributed by atoms with Gasteiger partial charge in [0.1, 0.15) is 11.9 Å². The molecular formula is C17H25N3O3. The Morgan fingerprint density at radius 3 is 2.74 bits per heavy atom. The Morgan fingerprint density at radius 2 is 2.13 bits per heavy atom. The zero-order valence-electron chi connectivity index (χ0n) is 13.8. The first kappa shape index (κ1) is 16.2. The fourth-order valence-corrected chi connectivity index (χ4v) is 3.16. The lowest BCUT2D eigenvalue weighted by Gasteiger charge is -2.36. The summed E-state index contributed by atoms with van der Waals surface area (Å²) in [6.07, 6.45) is 3.76. The third-order valence-electron chi connectivity index (χ3n) is 4.24. The molecule has 0 radical (unpaired) electrons. The van der Waals surface area contributed by atoms with Crippen LogP contribution in [0.3, 0.4) is 0 Å². The molecule has 0 aliphatic carbocycles. The van der Waals surface area contributed by atoms with E-state index >= 15 is 0 Å². The Morgan fingerprint density at radius 1 is 1.35 bits per heavy atom. The molecule has 1 N–H and O–H groups in total. The maximum atomic E-state index is 11.9. The van der Waals surface area contributed by atoms with E-state index in [9.17, 15) is 4.79 Å². The van der Waals surface area contributed by atoms with E-state index in [1.807, 2.05) is 18.3 Å². The average Bonchev–Trinajstić information content (AvgIpc) is 3.07. The van der Waals surface area contributed by atoms with Crippen molar-refractivity contribution in [2.45, 2.75) is 51.5 Å². The van der Waals surface area contributed by atoms with Crippen molar-refractivity contribution in [2.75, 3.05) is 24.6 Å². The van der Waals surface area contributed by atoms with Crippen LogP contribution in [0.15, 0.2) is 18.3 Å². The highest BCUT2D eigenvalue weighted by Crippen LogP contribution is 2.18. The fourth-order valence-electron chi connectivity index (χ4n) is 3.16. The molecule has 0 bridgehead atoms. The quantitative estimate of drug-likeness (QED) is 0.911. The van der Waals surface area contributed by atoms with Gasteiger partial charge in [-0.15, -0.1) is 0 Å². The smallest absolute Gasteiger partial charge is 0.249 e. The molecule has 1 amide bonds. The van der Waals surface area contributed by atoms with Crippen LogP contribution in [-0.2, 0) is 20.8 Å². The van der Waals surface area contributed by atoms with Gasteiger partial charge in [0.2, 0.25) is 5.91 Å². The van der Waals surface area contributed by atoms with Crippen LogP contribution in [0.1, 0.15) is 32.3 Å². The normalized spacial score (nSPS) is 27.9. The van der Waals surface area contributed by atoms with Gasteiger partial charge >= 0.3 is 0 Å². The maximum absolute atomic E-state index is 11.9. The van der Waals surface area contributed by atoms with E-state index in [0.717, 1.165) is 37.3 Å². The maximum Gasteiger partial charge on any atom is 0.249 e. The number of morpholine rings is 1. The molecular weight excluding hydrogens is 294 g/mol. The molecule has 6 nitrogen and oxygen atoms in total. The summed E-state index contributed by atoms with van der Waals surface area (Å²) in [7, 11) is 0. The Hall–Kier alpha value is -1.66. The van der Waals surface area contributed by atoms with Gasteiger partial charge in [-0.25, -0.2) is 4.98 Å². The molecule has 2 fully saturated rings. The molecule has 2 aliphatic rings. The zero-order chi connectivity index (χ0) is 16.2. The van der Waals surface area contributed by atoms with Crippen LogP contribution in [0.5, 0.6) is 0 Å². The Labute approximate surface area is 137 Å². The van der Waals surface area contributed by atoms with Crippen molar-refractivity contribution in [3.05, 3.63) is 23.9 Å². The molecule has 2 saturated heterocycles. The number of pyridine rings is 1. The third kappa shape index (κ3) is 4.20. The van der Waals surface area contributed by atoms with E-state index in [4.69, 9.17) is 9.47 Å². The van der Waals surface area contributed by atoms with E-state index < -0.39 is 0 Å². The van der Waals surface area contributed by atoms with Crippen LogP contribution in [-0.4, -0.2) is 48.9 Å². The number of amides is 1. The summed E-state index contributed by atoms with van der Waals surface area (Å²) >= 11 is 0. The fraction of sp³-hybridized carbons (Fsp3) is 0.647. The summed E-state index contributed by atoms with van der Waals surface area (Å²) in [5.41, 5.74) is 0.995. The summed E-state index contributed by atoms with van der Waals surface area (Å²) in [5, 5.41) is 2.92. The molecule has 6 heteroatoms. The lowest BCUT2D eigenvalue weighted by molar-refractivity contribution is -0.130. The standard InChI is InChI=1S/C17H25N3O3/c1-12-10-20(11-13(2)23-12)16-6-5-14(8-18-16)9-19-17(21)15-4-3-7-22-15/h5-6,8,12-13,15H,3-4,7,9-11H2,1-2H3,(H,19,21)/t12-,13+,15-/m0/s1. The van der Waals surface area contributed by atoms with Crippen LogP contribution < -0.4 is 10.2 Å². The minimum atomic E-state index is -0.279. The monoisotopic (exact) mass is 319 g/mol. The zero-order valence-corrected chi connectivity index (χ0v) is 13.8. The molecule has 126 valence electrons. The molecule has 0 aromatic carbocycles. The second-order valence-corrected chi connectivity index (χ2v) is 6.41. The van der Waals surface area contributed by atoms with Crippen molar-refractivity contribution in [2.24, 2.45) is 0 Å². The molecule has 0 saturated carbocycles. The van der Waals surface area contributed by atoms with E-state index in [1.165, 1.54) is 0 Å². The number of hydrogen-bond acceptors (Lipinski definition) is 5. The number of nitrogens with zero attached hydrogens (tertiary/aromatic N) is 2. The predicted molar refractivity (Wildman–Crippen MR) is 87.3 cm³/mol. The van der Waals surface area contributed by atoms with E-state index in [2.05, 4.69) is 29.0 Å². The minimum absolute atomic E-state index is 0.0256. The molecule has 0 spiro atoms. The van der Waals surface area contributed by atoms with Gasteiger partial charge in [-0.2, -0.15) is 0 Å². The molecule has 1 aromatic rings. The van der Waals surface area contributed by atoms with Gasteiger partial charge in [-0.05, 0) is 38.3 Å². The van der Waals surface area contributed by atoms with Gasteiger partial charge in [0.15, 0.2) is 0 Å². The van der Waals surface area contributed by atoms with E-state index in [-0.39, 0.29) is 24.2 Å². The van der Waals surface area contributed by atoms with Gasteiger partial charge in [0, 0.05) is 32.4 Å². The van der Waals surface area contributed by atoms with Crippen molar-refractivity contribution in [3.8, 4) is 0 Å².